The first-order valence-corrected chi connectivity index (χ1v) is 12.3. The van der Waals surface area contributed by atoms with E-state index in [1.807, 2.05) is 6.92 Å². The van der Waals surface area contributed by atoms with Crippen LogP contribution in [-0.2, 0) is 22.3 Å². The molecule has 2 amide bonds. The molecule has 2 N–H and O–H groups in total. The molecule has 8 nitrogen and oxygen atoms in total. The largest absolute Gasteiger partial charge is 0.508 e. The van der Waals surface area contributed by atoms with Crippen molar-refractivity contribution in [3.05, 3.63) is 83.9 Å². The summed E-state index contributed by atoms with van der Waals surface area (Å²) in [6.07, 6.45) is -4.11. The zero-order valence-electron chi connectivity index (χ0n) is 21.6. The van der Waals surface area contributed by atoms with E-state index in [0.717, 1.165) is 17.0 Å². The Morgan fingerprint density at radius 1 is 1.03 bits per heavy atom. The van der Waals surface area contributed by atoms with Gasteiger partial charge in [0.05, 0.1) is 11.1 Å². The quantitative estimate of drug-likeness (QED) is 0.319. The van der Waals surface area contributed by atoms with Gasteiger partial charge in [-0.3, -0.25) is 14.5 Å². The lowest BCUT2D eigenvalue weighted by Gasteiger charge is -2.35. The lowest BCUT2D eigenvalue weighted by atomic mass is 9.98. The van der Waals surface area contributed by atoms with Gasteiger partial charge in [-0.15, -0.1) is 5.10 Å². The monoisotopic (exact) mass is 539 g/mol. The van der Waals surface area contributed by atoms with Gasteiger partial charge in [0.2, 0.25) is 11.8 Å². The van der Waals surface area contributed by atoms with Gasteiger partial charge in [0.15, 0.2) is 0 Å². The minimum absolute atomic E-state index is 0.0715. The van der Waals surface area contributed by atoms with E-state index in [4.69, 9.17) is 0 Å². The summed E-state index contributed by atoms with van der Waals surface area (Å²) in [6.45, 7) is 5.09. The normalized spacial score (nSPS) is 12.8. The van der Waals surface area contributed by atoms with Crippen molar-refractivity contribution < 1.29 is 27.9 Å². The van der Waals surface area contributed by atoms with Crippen molar-refractivity contribution in [3.8, 4) is 5.75 Å². The Balaban J connectivity index is 1.87. The molecule has 1 aromatic heterocycles. The van der Waals surface area contributed by atoms with E-state index in [1.54, 1.807) is 38.1 Å². The van der Waals surface area contributed by atoms with Crippen LogP contribution in [0, 0.1) is 0 Å². The van der Waals surface area contributed by atoms with E-state index in [0.29, 0.717) is 23.0 Å². The van der Waals surface area contributed by atoms with Crippen molar-refractivity contribution in [1.29, 1.82) is 0 Å². The molecule has 0 unspecified atom stereocenters. The number of nitrogens with zero attached hydrogens (tertiary/aromatic N) is 4. The number of phenolic OH excluding ortho intramolecular Hbond substituents is 1. The SMILES string of the molecule is CCC(C)(C)NC(=O)[C@H](c1ccc(O)cc1)N(C(=O)Cn1nnc2ccccc21)c1cccc(C(F)(F)F)c1. The number of benzene rings is 3. The maximum Gasteiger partial charge on any atom is 0.416 e. The van der Waals surface area contributed by atoms with Crippen molar-refractivity contribution in [2.45, 2.75) is 51.5 Å². The molecular weight excluding hydrogens is 511 g/mol. The van der Waals surface area contributed by atoms with Crippen molar-refractivity contribution in [3.63, 3.8) is 0 Å². The second kappa shape index (κ2) is 10.8. The topological polar surface area (TPSA) is 100 Å². The van der Waals surface area contributed by atoms with Crippen LogP contribution in [0.3, 0.4) is 0 Å². The van der Waals surface area contributed by atoms with Crippen LogP contribution in [0.2, 0.25) is 0 Å². The molecule has 204 valence electrons. The highest BCUT2D eigenvalue weighted by molar-refractivity contribution is 6.01. The molecule has 0 saturated carbocycles. The number of hydrogen-bond acceptors (Lipinski definition) is 5. The lowest BCUT2D eigenvalue weighted by molar-refractivity contribution is -0.137. The van der Waals surface area contributed by atoms with E-state index in [9.17, 15) is 27.9 Å². The average molecular weight is 540 g/mol. The highest BCUT2D eigenvalue weighted by Crippen LogP contribution is 2.35. The summed E-state index contributed by atoms with van der Waals surface area (Å²) in [5, 5.41) is 20.8. The second-order valence-electron chi connectivity index (χ2n) is 9.77. The first-order chi connectivity index (χ1) is 18.4. The average Bonchev–Trinajstić information content (AvgIpc) is 3.29. The number of rotatable bonds is 8. The summed E-state index contributed by atoms with van der Waals surface area (Å²) in [7, 11) is 0. The minimum atomic E-state index is -4.67. The van der Waals surface area contributed by atoms with Gasteiger partial charge in [-0.05, 0) is 68.3 Å². The fourth-order valence-electron chi connectivity index (χ4n) is 4.07. The van der Waals surface area contributed by atoms with Crippen LogP contribution in [0.4, 0.5) is 18.9 Å². The molecular formula is C28H28F3N5O3. The maximum absolute atomic E-state index is 14.0. The first-order valence-electron chi connectivity index (χ1n) is 12.3. The standard InChI is InChI=1S/C28H28F3N5O3/c1-4-27(2,3)32-26(39)25(18-12-14-21(37)15-13-18)36(20-9-7-8-19(16-20)28(29,30)31)24(38)17-35-23-11-6-5-10-22(23)33-34-35/h5-16,25,37H,4,17H2,1-3H3,(H,32,39)/t25-/m0/s1. The molecule has 3 aromatic carbocycles. The van der Waals surface area contributed by atoms with Gasteiger partial charge in [0.1, 0.15) is 23.9 Å². The molecule has 0 saturated heterocycles. The van der Waals surface area contributed by atoms with Crippen LogP contribution >= 0.6 is 0 Å². The number of fused-ring (bicyclic) bond motifs is 1. The number of carbonyl (C=O) groups excluding carboxylic acids is 2. The highest BCUT2D eigenvalue weighted by Gasteiger charge is 2.37. The van der Waals surface area contributed by atoms with Crippen LogP contribution in [-0.4, -0.2) is 37.5 Å². The van der Waals surface area contributed by atoms with E-state index >= 15 is 0 Å². The summed E-state index contributed by atoms with van der Waals surface area (Å²) in [5.74, 6) is -1.35. The summed E-state index contributed by atoms with van der Waals surface area (Å²) < 4.78 is 42.4. The van der Waals surface area contributed by atoms with E-state index in [1.165, 1.54) is 41.1 Å². The Bertz CT molecular complexity index is 1480. The zero-order chi connectivity index (χ0) is 28.4. The molecule has 39 heavy (non-hydrogen) atoms. The minimum Gasteiger partial charge on any atom is -0.508 e. The number of aromatic hydroxyl groups is 1. The predicted molar refractivity (Wildman–Crippen MR) is 140 cm³/mol. The first kappa shape index (κ1) is 27.6. The maximum atomic E-state index is 14.0. The second-order valence-corrected chi connectivity index (χ2v) is 9.77. The van der Waals surface area contributed by atoms with Crippen molar-refractivity contribution in [2.75, 3.05) is 4.90 Å². The summed E-state index contributed by atoms with van der Waals surface area (Å²) in [5.41, 5.74) is -0.381. The summed E-state index contributed by atoms with van der Waals surface area (Å²) in [4.78, 5) is 28.8. The number of aromatic nitrogens is 3. The number of anilines is 1. The number of phenols is 1. The Kier molecular flexibility index (Phi) is 7.62. The highest BCUT2D eigenvalue weighted by atomic mass is 19.4. The Labute approximate surface area is 223 Å². The number of para-hydroxylation sites is 1. The van der Waals surface area contributed by atoms with E-state index < -0.39 is 41.7 Å². The molecule has 0 bridgehead atoms. The third kappa shape index (κ3) is 6.19. The fourth-order valence-corrected chi connectivity index (χ4v) is 4.07. The Morgan fingerprint density at radius 2 is 1.72 bits per heavy atom. The van der Waals surface area contributed by atoms with Crippen LogP contribution in [0.1, 0.15) is 44.4 Å². The third-order valence-corrected chi connectivity index (χ3v) is 6.49. The van der Waals surface area contributed by atoms with Crippen molar-refractivity contribution >= 4 is 28.5 Å². The smallest absolute Gasteiger partial charge is 0.416 e. The molecule has 4 rings (SSSR count). The Hall–Kier alpha value is -4.41. The third-order valence-electron chi connectivity index (χ3n) is 6.49. The van der Waals surface area contributed by atoms with Gasteiger partial charge in [0.25, 0.3) is 0 Å². The molecule has 0 aliphatic carbocycles. The summed E-state index contributed by atoms with van der Waals surface area (Å²) >= 11 is 0. The number of alkyl halides is 3. The number of halogens is 3. The van der Waals surface area contributed by atoms with Gasteiger partial charge < -0.3 is 10.4 Å². The number of carbonyl (C=O) groups is 2. The van der Waals surface area contributed by atoms with Crippen molar-refractivity contribution in [2.24, 2.45) is 0 Å². The number of nitrogens with one attached hydrogen (secondary N) is 1. The van der Waals surface area contributed by atoms with Crippen LogP contribution in [0.15, 0.2) is 72.8 Å². The van der Waals surface area contributed by atoms with E-state index in [-0.39, 0.29) is 11.4 Å². The fraction of sp³-hybridized carbons (Fsp3) is 0.286. The van der Waals surface area contributed by atoms with Crippen LogP contribution in [0.5, 0.6) is 5.75 Å². The Morgan fingerprint density at radius 3 is 2.38 bits per heavy atom. The molecule has 1 atom stereocenters. The van der Waals surface area contributed by atoms with Gasteiger partial charge in [-0.2, -0.15) is 13.2 Å². The molecule has 0 fully saturated rings. The van der Waals surface area contributed by atoms with Crippen LogP contribution < -0.4 is 10.2 Å². The van der Waals surface area contributed by atoms with Gasteiger partial charge >= 0.3 is 6.18 Å². The molecule has 0 aliphatic heterocycles. The zero-order valence-corrected chi connectivity index (χ0v) is 21.6. The van der Waals surface area contributed by atoms with Crippen molar-refractivity contribution in [1.82, 2.24) is 20.3 Å². The molecule has 11 heteroatoms. The lowest BCUT2D eigenvalue weighted by Crippen LogP contribution is -2.51. The molecule has 0 aliphatic rings. The molecule has 0 spiro atoms. The number of hydrogen-bond donors (Lipinski definition) is 2. The van der Waals surface area contributed by atoms with Gasteiger partial charge in [-0.1, -0.05) is 42.5 Å². The van der Waals surface area contributed by atoms with Gasteiger partial charge in [0, 0.05) is 11.2 Å². The van der Waals surface area contributed by atoms with E-state index in [2.05, 4.69) is 15.6 Å². The number of amides is 2. The molecule has 1 heterocycles. The summed E-state index contributed by atoms with van der Waals surface area (Å²) in [6, 6.07) is 15.4. The molecule has 4 aromatic rings. The molecule has 0 radical (unpaired) electrons. The van der Waals surface area contributed by atoms with Gasteiger partial charge in [-0.25, -0.2) is 4.68 Å². The van der Waals surface area contributed by atoms with Crippen LogP contribution in [0.25, 0.3) is 11.0 Å². The predicted octanol–water partition coefficient (Wildman–Crippen LogP) is 5.24.